The second kappa shape index (κ2) is 7.53. The number of aryl methyl sites for hydroxylation is 2. The molecule has 0 spiro atoms. The van der Waals surface area contributed by atoms with Gasteiger partial charge in [-0.2, -0.15) is 5.10 Å². The van der Waals surface area contributed by atoms with Gasteiger partial charge in [0.2, 0.25) is 5.91 Å². The maximum atomic E-state index is 12.5. The number of hydrogen-bond acceptors (Lipinski definition) is 3. The molecule has 5 heteroatoms. The van der Waals surface area contributed by atoms with Gasteiger partial charge in [0.1, 0.15) is 0 Å². The number of hydrogen-bond donors (Lipinski definition) is 2. The van der Waals surface area contributed by atoms with Crippen LogP contribution < -0.4 is 10.6 Å². The summed E-state index contributed by atoms with van der Waals surface area (Å²) in [6.07, 6.45) is 3.77. The van der Waals surface area contributed by atoms with Crippen molar-refractivity contribution < 1.29 is 4.79 Å². The van der Waals surface area contributed by atoms with Crippen molar-refractivity contribution in [3.05, 3.63) is 65.4 Å². The van der Waals surface area contributed by atoms with Crippen molar-refractivity contribution in [2.24, 2.45) is 13.0 Å². The van der Waals surface area contributed by atoms with E-state index >= 15 is 0 Å². The predicted octanol–water partition coefficient (Wildman–Crippen LogP) is 2.72. The molecule has 5 nitrogen and oxygen atoms in total. The Kier molecular flexibility index (Phi) is 4.94. The van der Waals surface area contributed by atoms with E-state index in [4.69, 9.17) is 0 Å². The molecule has 140 valence electrons. The van der Waals surface area contributed by atoms with Crippen LogP contribution in [0.15, 0.2) is 48.7 Å². The van der Waals surface area contributed by atoms with Crippen molar-refractivity contribution in [3.8, 4) is 0 Å². The molecule has 4 rings (SSSR count). The second-order valence-electron chi connectivity index (χ2n) is 7.63. The summed E-state index contributed by atoms with van der Waals surface area (Å²) in [6.45, 7) is 3.55. The minimum atomic E-state index is -0.0948. The third kappa shape index (κ3) is 4.03. The molecule has 0 radical (unpaired) electrons. The minimum Gasteiger partial charge on any atom is -0.351 e. The molecule has 2 aromatic carbocycles. The number of benzene rings is 2. The highest BCUT2D eigenvalue weighted by Crippen LogP contribution is 2.20. The largest absolute Gasteiger partial charge is 0.351 e. The van der Waals surface area contributed by atoms with Crippen LogP contribution in [0.1, 0.15) is 23.1 Å². The van der Waals surface area contributed by atoms with Crippen LogP contribution in [-0.2, 0) is 24.8 Å². The van der Waals surface area contributed by atoms with Crippen LogP contribution in [-0.4, -0.2) is 28.3 Å². The zero-order valence-corrected chi connectivity index (χ0v) is 15.9. The number of rotatable bonds is 5. The summed E-state index contributed by atoms with van der Waals surface area (Å²) >= 11 is 0. The molecule has 3 aromatic rings. The van der Waals surface area contributed by atoms with Gasteiger partial charge in [0.25, 0.3) is 0 Å². The SMILES string of the molecule is Cc1ccc(C[C@H]2CN[C@H](C(=O)NCc3ccc4c(cnn4C)c3)C2)cc1. The summed E-state index contributed by atoms with van der Waals surface area (Å²) in [5.41, 5.74) is 4.82. The molecule has 0 unspecified atom stereocenters. The molecule has 0 saturated carbocycles. The van der Waals surface area contributed by atoms with E-state index in [-0.39, 0.29) is 11.9 Å². The standard InChI is InChI=1S/C22H26N4O/c1-15-3-5-16(6-4-15)9-18-11-20(23-13-18)22(27)24-12-17-7-8-21-19(10-17)14-25-26(21)2/h3-8,10,14,18,20,23H,9,11-13H2,1-2H3,(H,24,27)/t18-,20+/m1/s1. The van der Waals surface area contributed by atoms with Crippen LogP contribution in [0.5, 0.6) is 0 Å². The number of carbonyl (C=O) groups excluding carboxylic acids is 1. The summed E-state index contributed by atoms with van der Waals surface area (Å²) in [7, 11) is 1.93. The molecule has 2 heterocycles. The fourth-order valence-corrected chi connectivity index (χ4v) is 3.86. The first-order valence-electron chi connectivity index (χ1n) is 9.56. The second-order valence-corrected chi connectivity index (χ2v) is 7.63. The van der Waals surface area contributed by atoms with Crippen molar-refractivity contribution in [1.82, 2.24) is 20.4 Å². The first-order valence-corrected chi connectivity index (χ1v) is 9.56. The molecule has 1 aliphatic heterocycles. The summed E-state index contributed by atoms with van der Waals surface area (Å²) in [4.78, 5) is 12.5. The summed E-state index contributed by atoms with van der Waals surface area (Å²) in [6, 6.07) is 14.8. The molecule has 1 aromatic heterocycles. The summed E-state index contributed by atoms with van der Waals surface area (Å²) < 4.78 is 1.86. The quantitative estimate of drug-likeness (QED) is 0.734. The molecule has 1 fully saturated rings. The van der Waals surface area contributed by atoms with Crippen molar-refractivity contribution in [2.75, 3.05) is 6.54 Å². The number of nitrogens with one attached hydrogen (secondary N) is 2. The van der Waals surface area contributed by atoms with Gasteiger partial charge in [0.05, 0.1) is 17.8 Å². The van der Waals surface area contributed by atoms with Crippen molar-refractivity contribution in [1.29, 1.82) is 0 Å². The van der Waals surface area contributed by atoms with Gasteiger partial charge in [-0.3, -0.25) is 9.48 Å². The average molecular weight is 362 g/mol. The fourth-order valence-electron chi connectivity index (χ4n) is 3.86. The third-order valence-electron chi connectivity index (χ3n) is 5.46. The van der Waals surface area contributed by atoms with Gasteiger partial charge < -0.3 is 10.6 Å². The fraction of sp³-hybridized carbons (Fsp3) is 0.364. The van der Waals surface area contributed by atoms with E-state index in [9.17, 15) is 4.79 Å². The Labute approximate surface area is 159 Å². The zero-order valence-electron chi connectivity index (χ0n) is 15.9. The number of fused-ring (bicyclic) bond motifs is 1. The van der Waals surface area contributed by atoms with Crippen LogP contribution in [0.3, 0.4) is 0 Å². The van der Waals surface area contributed by atoms with Crippen LogP contribution in [0.2, 0.25) is 0 Å². The highest BCUT2D eigenvalue weighted by molar-refractivity contribution is 5.82. The lowest BCUT2D eigenvalue weighted by Crippen LogP contribution is -2.39. The van der Waals surface area contributed by atoms with Gasteiger partial charge in [-0.1, -0.05) is 35.9 Å². The van der Waals surface area contributed by atoms with E-state index in [1.807, 2.05) is 24.0 Å². The molecule has 1 aliphatic rings. The predicted molar refractivity (Wildman–Crippen MR) is 107 cm³/mol. The minimum absolute atomic E-state index is 0.0905. The lowest BCUT2D eigenvalue weighted by atomic mass is 9.96. The number of aromatic nitrogens is 2. The van der Waals surface area contributed by atoms with Gasteiger partial charge in [-0.05, 0) is 55.5 Å². The first-order chi connectivity index (χ1) is 13.1. The smallest absolute Gasteiger partial charge is 0.237 e. The maximum absolute atomic E-state index is 12.5. The Balaban J connectivity index is 1.30. The Morgan fingerprint density at radius 2 is 2.00 bits per heavy atom. The molecular formula is C22H26N4O. The van der Waals surface area contributed by atoms with E-state index in [1.54, 1.807) is 0 Å². The summed E-state index contributed by atoms with van der Waals surface area (Å²) in [5.74, 6) is 0.600. The molecule has 0 bridgehead atoms. The lowest BCUT2D eigenvalue weighted by molar-refractivity contribution is -0.123. The van der Waals surface area contributed by atoms with E-state index in [0.29, 0.717) is 12.5 Å². The van der Waals surface area contributed by atoms with Crippen LogP contribution in [0.4, 0.5) is 0 Å². The van der Waals surface area contributed by atoms with Crippen LogP contribution >= 0.6 is 0 Å². The molecule has 1 saturated heterocycles. The Hall–Kier alpha value is -2.66. The number of carbonyl (C=O) groups is 1. The lowest BCUT2D eigenvalue weighted by Gasteiger charge is -2.12. The zero-order chi connectivity index (χ0) is 18.8. The number of amides is 1. The van der Waals surface area contributed by atoms with E-state index < -0.39 is 0 Å². The summed E-state index contributed by atoms with van der Waals surface area (Å²) in [5, 5.41) is 11.8. The van der Waals surface area contributed by atoms with Gasteiger partial charge in [0.15, 0.2) is 0 Å². The van der Waals surface area contributed by atoms with E-state index in [2.05, 4.69) is 59.1 Å². The Bertz CT molecular complexity index is 945. The molecule has 1 amide bonds. The van der Waals surface area contributed by atoms with Crippen molar-refractivity contribution >= 4 is 16.8 Å². The highest BCUT2D eigenvalue weighted by Gasteiger charge is 2.29. The van der Waals surface area contributed by atoms with E-state index in [1.165, 1.54) is 11.1 Å². The number of nitrogens with zero attached hydrogens (tertiary/aromatic N) is 2. The van der Waals surface area contributed by atoms with Gasteiger partial charge in [0, 0.05) is 19.0 Å². The molecule has 27 heavy (non-hydrogen) atoms. The monoisotopic (exact) mass is 362 g/mol. The van der Waals surface area contributed by atoms with Crippen LogP contribution in [0.25, 0.3) is 10.9 Å². The molecule has 2 N–H and O–H groups in total. The Morgan fingerprint density at radius 3 is 2.81 bits per heavy atom. The Morgan fingerprint density at radius 1 is 1.22 bits per heavy atom. The van der Waals surface area contributed by atoms with Gasteiger partial charge in [-0.15, -0.1) is 0 Å². The molecular weight excluding hydrogens is 336 g/mol. The third-order valence-corrected chi connectivity index (χ3v) is 5.46. The molecule has 2 atom stereocenters. The normalized spacial score (nSPS) is 19.5. The average Bonchev–Trinajstić information content (AvgIpc) is 3.29. The van der Waals surface area contributed by atoms with Crippen LogP contribution in [0, 0.1) is 12.8 Å². The first kappa shape index (κ1) is 17.7. The topological polar surface area (TPSA) is 59.0 Å². The highest BCUT2D eigenvalue weighted by atomic mass is 16.2. The van der Waals surface area contributed by atoms with Crippen molar-refractivity contribution in [3.63, 3.8) is 0 Å². The van der Waals surface area contributed by atoms with Crippen molar-refractivity contribution in [2.45, 2.75) is 32.4 Å². The maximum Gasteiger partial charge on any atom is 0.237 e. The van der Waals surface area contributed by atoms with Gasteiger partial charge in [-0.25, -0.2) is 0 Å². The molecule has 0 aliphatic carbocycles. The van der Waals surface area contributed by atoms with E-state index in [0.717, 1.165) is 35.9 Å². The van der Waals surface area contributed by atoms with Gasteiger partial charge >= 0.3 is 0 Å².